The van der Waals surface area contributed by atoms with Gasteiger partial charge in [-0.05, 0) is 43.3 Å². The number of carbonyl (C=O) groups excluding carboxylic acids is 3. The van der Waals surface area contributed by atoms with Crippen molar-refractivity contribution < 1.29 is 59.1 Å². The van der Waals surface area contributed by atoms with Gasteiger partial charge in [-0.15, -0.1) is 0 Å². The number of rotatable bonds is 13. The van der Waals surface area contributed by atoms with Crippen LogP contribution in [0, 0.1) is 0 Å². The summed E-state index contributed by atoms with van der Waals surface area (Å²) in [5, 5.41) is 0. The Hall–Kier alpha value is -4.27. The molecule has 3 atom stereocenters. The first-order valence-corrected chi connectivity index (χ1v) is 13.6. The molecule has 3 unspecified atom stereocenters. The van der Waals surface area contributed by atoms with Crippen molar-refractivity contribution in [3.63, 3.8) is 0 Å². The van der Waals surface area contributed by atoms with Crippen LogP contribution in [0.15, 0.2) is 91.0 Å². The van der Waals surface area contributed by atoms with Crippen molar-refractivity contribution in [1.29, 1.82) is 0 Å². The van der Waals surface area contributed by atoms with Gasteiger partial charge in [-0.3, -0.25) is 4.18 Å². The number of hydrogen-bond donors (Lipinski definition) is 0. The summed E-state index contributed by atoms with van der Waals surface area (Å²) in [5.41, 5.74) is -5.52. The molecule has 0 fully saturated rings. The highest BCUT2D eigenvalue weighted by Gasteiger charge is 2.48. The van der Waals surface area contributed by atoms with Gasteiger partial charge in [-0.1, -0.05) is 54.6 Å². The Balaban J connectivity index is 1.84. The zero-order valence-corrected chi connectivity index (χ0v) is 22.7. The molecule has 0 aliphatic heterocycles. The summed E-state index contributed by atoms with van der Waals surface area (Å²) in [6.07, 6.45) is -4.83. The van der Waals surface area contributed by atoms with Crippen molar-refractivity contribution in [2.75, 3.05) is 13.2 Å². The Bertz CT molecular complexity index is 1430. The van der Waals surface area contributed by atoms with E-state index in [0.717, 1.165) is 0 Å². The van der Waals surface area contributed by atoms with Crippen molar-refractivity contribution >= 4 is 28.0 Å². The molecule has 0 aliphatic rings. The minimum Gasteiger partial charge on any atom is -0.459 e. The molecule has 14 heteroatoms. The third-order valence-electron chi connectivity index (χ3n) is 5.43. The second-order valence-electron chi connectivity index (χ2n) is 8.50. The maximum atomic E-state index is 12.9. The molecule has 0 amide bonds. The summed E-state index contributed by atoms with van der Waals surface area (Å²) < 4.78 is 87.1. The maximum absolute atomic E-state index is 12.9. The molecule has 0 bridgehead atoms. The van der Waals surface area contributed by atoms with Gasteiger partial charge in [-0.25, -0.2) is 14.4 Å². The van der Waals surface area contributed by atoms with Gasteiger partial charge in [0.2, 0.25) is 6.29 Å². The number of benzene rings is 3. The lowest BCUT2D eigenvalue weighted by molar-refractivity contribution is -0.187. The Labute approximate surface area is 239 Å². The Morgan fingerprint density at radius 2 is 1.12 bits per heavy atom. The fourth-order valence-corrected chi connectivity index (χ4v) is 3.68. The van der Waals surface area contributed by atoms with E-state index < -0.39 is 65.2 Å². The Morgan fingerprint density at radius 3 is 1.57 bits per heavy atom. The minimum absolute atomic E-state index is 0.0413. The molecule has 0 heterocycles. The van der Waals surface area contributed by atoms with Crippen LogP contribution in [0.5, 0.6) is 0 Å². The van der Waals surface area contributed by atoms with E-state index in [4.69, 9.17) is 18.9 Å². The molecule has 0 saturated carbocycles. The van der Waals surface area contributed by atoms with Crippen LogP contribution < -0.4 is 0 Å². The first-order valence-electron chi connectivity index (χ1n) is 12.2. The maximum Gasteiger partial charge on any atom is 0.523 e. The predicted molar refractivity (Wildman–Crippen MR) is 139 cm³/mol. The second-order valence-corrected chi connectivity index (χ2v) is 10.1. The van der Waals surface area contributed by atoms with Crippen LogP contribution in [-0.4, -0.2) is 63.5 Å². The first kappa shape index (κ1) is 32.2. The van der Waals surface area contributed by atoms with Crippen LogP contribution in [-0.2, 0) is 33.2 Å². The molecule has 0 aliphatic carbocycles. The molecule has 224 valence electrons. The molecule has 0 saturated heterocycles. The van der Waals surface area contributed by atoms with Crippen LogP contribution in [0.1, 0.15) is 38.0 Å². The minimum atomic E-state index is -6.11. The lowest BCUT2D eigenvalue weighted by Gasteiger charge is -2.28. The summed E-state index contributed by atoms with van der Waals surface area (Å²) in [4.78, 5) is 37.8. The molecular weight excluding hydrogens is 585 g/mol. The molecule has 42 heavy (non-hydrogen) atoms. The van der Waals surface area contributed by atoms with Gasteiger partial charge < -0.3 is 18.9 Å². The highest BCUT2D eigenvalue weighted by molar-refractivity contribution is 7.87. The van der Waals surface area contributed by atoms with Gasteiger partial charge >= 0.3 is 33.5 Å². The number of ether oxygens (including phenoxy) is 4. The molecule has 0 aromatic heterocycles. The number of alkyl halides is 3. The van der Waals surface area contributed by atoms with E-state index in [1.807, 2.05) is 0 Å². The molecule has 3 aromatic rings. The largest absolute Gasteiger partial charge is 0.523 e. The average Bonchev–Trinajstić information content (AvgIpc) is 2.98. The lowest BCUT2D eigenvalue weighted by Crippen LogP contribution is -2.42. The fraction of sp³-hybridized carbons (Fsp3) is 0.250. The van der Waals surface area contributed by atoms with E-state index in [9.17, 15) is 36.0 Å². The van der Waals surface area contributed by atoms with E-state index in [-0.39, 0.29) is 16.7 Å². The summed E-state index contributed by atoms with van der Waals surface area (Å²) in [7, 11) is -6.11. The van der Waals surface area contributed by atoms with Gasteiger partial charge in [0.05, 0.1) is 16.7 Å². The summed E-state index contributed by atoms with van der Waals surface area (Å²) in [6, 6.07) is 22.7. The highest BCUT2D eigenvalue weighted by atomic mass is 32.2. The molecule has 0 N–H and O–H groups in total. The van der Waals surface area contributed by atoms with Crippen molar-refractivity contribution in [3.05, 3.63) is 108 Å². The summed E-state index contributed by atoms with van der Waals surface area (Å²) in [6.45, 7) is -0.753. The first-order chi connectivity index (χ1) is 19.9. The van der Waals surface area contributed by atoms with Gasteiger partial charge in [0.1, 0.15) is 25.4 Å². The standard InChI is InChI=1S/C28H25F3O10S/c1-19(39-26(33)21-13-7-3-8-14-21)23(17-37-25(32)20-11-5-2-6-12-20)40-24(18-38-42(35,36)28(29,30)31)41-27(34)22-15-9-4-10-16-22/h2-16,19,23-24H,17-18H2,1H3. The number of halogens is 3. The van der Waals surface area contributed by atoms with Crippen molar-refractivity contribution in [3.8, 4) is 0 Å². The van der Waals surface area contributed by atoms with E-state index in [1.165, 1.54) is 55.5 Å². The SMILES string of the molecule is CC(OC(=O)c1ccccc1)C(COC(=O)c1ccccc1)OC(COS(=O)(=O)C(F)(F)F)OC(=O)c1ccccc1. The third kappa shape index (κ3) is 9.39. The van der Waals surface area contributed by atoms with E-state index >= 15 is 0 Å². The zero-order valence-electron chi connectivity index (χ0n) is 21.9. The third-order valence-corrected chi connectivity index (χ3v) is 6.44. The number of hydrogen-bond acceptors (Lipinski definition) is 10. The Kier molecular flexibility index (Phi) is 11.2. The smallest absolute Gasteiger partial charge is 0.459 e. The highest BCUT2D eigenvalue weighted by Crippen LogP contribution is 2.25. The van der Waals surface area contributed by atoms with Crippen LogP contribution in [0.2, 0.25) is 0 Å². The van der Waals surface area contributed by atoms with Gasteiger partial charge in [0.15, 0.2) is 0 Å². The Morgan fingerprint density at radius 1 is 0.690 bits per heavy atom. The van der Waals surface area contributed by atoms with Crippen LogP contribution >= 0.6 is 0 Å². The van der Waals surface area contributed by atoms with Gasteiger partial charge in [-0.2, -0.15) is 21.6 Å². The van der Waals surface area contributed by atoms with E-state index in [2.05, 4.69) is 4.18 Å². The zero-order chi connectivity index (χ0) is 30.8. The van der Waals surface area contributed by atoms with Gasteiger partial charge in [0.25, 0.3) is 0 Å². The van der Waals surface area contributed by atoms with E-state index in [1.54, 1.807) is 42.5 Å². The molecule has 0 radical (unpaired) electrons. The monoisotopic (exact) mass is 610 g/mol. The average molecular weight is 611 g/mol. The molecule has 0 spiro atoms. The van der Waals surface area contributed by atoms with Gasteiger partial charge in [0, 0.05) is 0 Å². The van der Waals surface area contributed by atoms with Crippen molar-refractivity contribution in [2.45, 2.75) is 30.9 Å². The summed E-state index contributed by atoms with van der Waals surface area (Å²) >= 11 is 0. The number of carbonyl (C=O) groups is 3. The quantitative estimate of drug-likeness (QED) is 0.0895. The molecule has 3 rings (SSSR count). The predicted octanol–water partition coefficient (Wildman–Crippen LogP) is 4.52. The van der Waals surface area contributed by atoms with Crippen LogP contribution in [0.4, 0.5) is 13.2 Å². The topological polar surface area (TPSA) is 132 Å². The van der Waals surface area contributed by atoms with E-state index in [0.29, 0.717) is 0 Å². The normalized spacial score (nSPS) is 13.8. The molecule has 3 aromatic carbocycles. The van der Waals surface area contributed by atoms with Crippen molar-refractivity contribution in [2.24, 2.45) is 0 Å². The summed E-state index contributed by atoms with van der Waals surface area (Å²) in [5.74, 6) is -2.73. The van der Waals surface area contributed by atoms with Crippen LogP contribution in [0.25, 0.3) is 0 Å². The fourth-order valence-electron chi connectivity index (χ4n) is 3.26. The number of esters is 3. The molecule has 10 nitrogen and oxygen atoms in total. The van der Waals surface area contributed by atoms with Crippen molar-refractivity contribution in [1.82, 2.24) is 0 Å². The second kappa shape index (κ2) is 14.6. The van der Waals surface area contributed by atoms with Crippen LogP contribution in [0.3, 0.4) is 0 Å². The molecular formula is C28H25F3O10S. The lowest BCUT2D eigenvalue weighted by atomic mass is 10.2.